The molecule has 0 saturated heterocycles. The van der Waals surface area contributed by atoms with Crippen LogP contribution < -0.4 is 5.32 Å². The highest BCUT2D eigenvalue weighted by molar-refractivity contribution is 9.10. The van der Waals surface area contributed by atoms with E-state index < -0.39 is 0 Å². The fourth-order valence-electron chi connectivity index (χ4n) is 1.00. The number of aromatic nitrogens is 2. The number of nitrogens with zero attached hydrogens (tertiary/aromatic N) is 2. The minimum Gasteiger partial charge on any atom is -0.367 e. The van der Waals surface area contributed by atoms with E-state index in [1.165, 1.54) is 0 Å². The SMILES string of the molecule is CCSCC(C)Nc1cc(Br)ncn1. The molecule has 0 aliphatic heterocycles. The average molecular weight is 276 g/mol. The molecule has 0 aliphatic rings. The molecule has 0 spiro atoms. The summed E-state index contributed by atoms with van der Waals surface area (Å²) in [4.78, 5) is 8.10. The van der Waals surface area contributed by atoms with Crippen LogP contribution in [0.25, 0.3) is 0 Å². The monoisotopic (exact) mass is 275 g/mol. The molecule has 0 amide bonds. The molecular weight excluding hydrogens is 262 g/mol. The van der Waals surface area contributed by atoms with Crippen molar-refractivity contribution in [2.24, 2.45) is 0 Å². The van der Waals surface area contributed by atoms with E-state index in [0.717, 1.165) is 21.9 Å². The minimum atomic E-state index is 0.432. The summed E-state index contributed by atoms with van der Waals surface area (Å²) in [5, 5.41) is 3.32. The van der Waals surface area contributed by atoms with Crippen LogP contribution in [0.2, 0.25) is 0 Å². The van der Waals surface area contributed by atoms with Crippen molar-refractivity contribution in [2.75, 3.05) is 16.8 Å². The molecule has 14 heavy (non-hydrogen) atoms. The lowest BCUT2D eigenvalue weighted by Crippen LogP contribution is -2.18. The van der Waals surface area contributed by atoms with Crippen molar-refractivity contribution >= 4 is 33.5 Å². The fraction of sp³-hybridized carbons (Fsp3) is 0.556. The Morgan fingerprint density at radius 3 is 3.00 bits per heavy atom. The van der Waals surface area contributed by atoms with Crippen molar-refractivity contribution in [1.82, 2.24) is 9.97 Å². The summed E-state index contributed by atoms with van der Waals surface area (Å²) < 4.78 is 0.811. The van der Waals surface area contributed by atoms with Crippen molar-refractivity contribution in [1.29, 1.82) is 0 Å². The molecule has 1 unspecified atom stereocenters. The number of rotatable bonds is 5. The summed E-state index contributed by atoms with van der Waals surface area (Å²) in [7, 11) is 0. The molecule has 1 heterocycles. The lowest BCUT2D eigenvalue weighted by atomic mass is 10.4. The molecule has 1 aromatic rings. The van der Waals surface area contributed by atoms with E-state index in [1.807, 2.05) is 17.8 Å². The number of halogens is 1. The summed E-state index contributed by atoms with van der Waals surface area (Å²) in [5.41, 5.74) is 0. The molecule has 0 bridgehead atoms. The first-order chi connectivity index (χ1) is 6.72. The van der Waals surface area contributed by atoms with Gasteiger partial charge in [0.05, 0.1) is 0 Å². The van der Waals surface area contributed by atoms with E-state index in [9.17, 15) is 0 Å². The molecule has 5 heteroatoms. The van der Waals surface area contributed by atoms with Crippen LogP contribution in [0.5, 0.6) is 0 Å². The van der Waals surface area contributed by atoms with Gasteiger partial charge in [-0.15, -0.1) is 0 Å². The summed E-state index contributed by atoms with van der Waals surface area (Å²) >= 11 is 5.23. The summed E-state index contributed by atoms with van der Waals surface area (Å²) in [6, 6.07) is 2.31. The smallest absolute Gasteiger partial charge is 0.130 e. The number of nitrogens with one attached hydrogen (secondary N) is 1. The van der Waals surface area contributed by atoms with Crippen LogP contribution in [0.15, 0.2) is 17.0 Å². The van der Waals surface area contributed by atoms with Gasteiger partial charge in [-0.25, -0.2) is 9.97 Å². The van der Waals surface area contributed by atoms with E-state index in [-0.39, 0.29) is 0 Å². The quantitative estimate of drug-likeness (QED) is 0.839. The van der Waals surface area contributed by atoms with Crippen molar-refractivity contribution in [3.05, 3.63) is 17.0 Å². The van der Waals surface area contributed by atoms with Crippen LogP contribution in [0.3, 0.4) is 0 Å². The lowest BCUT2D eigenvalue weighted by molar-refractivity contribution is 0.897. The fourth-order valence-corrected chi connectivity index (χ4v) is 1.98. The van der Waals surface area contributed by atoms with Gasteiger partial charge in [0, 0.05) is 17.9 Å². The van der Waals surface area contributed by atoms with Crippen molar-refractivity contribution in [2.45, 2.75) is 19.9 Å². The zero-order chi connectivity index (χ0) is 10.4. The molecule has 1 atom stereocenters. The second-order valence-electron chi connectivity index (χ2n) is 2.93. The Morgan fingerprint density at radius 2 is 2.36 bits per heavy atom. The van der Waals surface area contributed by atoms with Crippen LogP contribution in [0.4, 0.5) is 5.82 Å². The number of anilines is 1. The molecule has 1 aromatic heterocycles. The molecule has 3 nitrogen and oxygen atoms in total. The Hall–Kier alpha value is -0.290. The van der Waals surface area contributed by atoms with Gasteiger partial charge < -0.3 is 5.32 Å². The van der Waals surface area contributed by atoms with Gasteiger partial charge in [0.1, 0.15) is 16.7 Å². The van der Waals surface area contributed by atoms with E-state index in [1.54, 1.807) is 6.33 Å². The molecule has 0 aliphatic carbocycles. The van der Waals surface area contributed by atoms with Crippen LogP contribution >= 0.6 is 27.7 Å². The van der Waals surface area contributed by atoms with E-state index >= 15 is 0 Å². The zero-order valence-corrected chi connectivity index (χ0v) is 10.7. The van der Waals surface area contributed by atoms with Gasteiger partial charge in [-0.3, -0.25) is 0 Å². The number of hydrogen-bond donors (Lipinski definition) is 1. The molecule has 0 aromatic carbocycles. The third kappa shape index (κ3) is 4.28. The van der Waals surface area contributed by atoms with Crippen LogP contribution in [-0.2, 0) is 0 Å². The zero-order valence-electron chi connectivity index (χ0n) is 8.33. The first kappa shape index (κ1) is 11.8. The Labute approximate surface area is 97.2 Å². The number of hydrogen-bond acceptors (Lipinski definition) is 4. The second kappa shape index (κ2) is 6.24. The summed E-state index contributed by atoms with van der Waals surface area (Å²) in [5.74, 6) is 3.12. The first-order valence-corrected chi connectivity index (χ1v) is 6.49. The van der Waals surface area contributed by atoms with E-state index in [2.05, 4.69) is 45.1 Å². The van der Waals surface area contributed by atoms with Crippen LogP contribution in [0.1, 0.15) is 13.8 Å². The largest absolute Gasteiger partial charge is 0.367 e. The molecule has 78 valence electrons. The minimum absolute atomic E-state index is 0.432. The topological polar surface area (TPSA) is 37.8 Å². The van der Waals surface area contributed by atoms with Crippen molar-refractivity contribution in [3.63, 3.8) is 0 Å². The van der Waals surface area contributed by atoms with Gasteiger partial charge in [-0.1, -0.05) is 6.92 Å². The van der Waals surface area contributed by atoms with Gasteiger partial charge in [0.25, 0.3) is 0 Å². The molecule has 0 saturated carbocycles. The van der Waals surface area contributed by atoms with Crippen molar-refractivity contribution < 1.29 is 0 Å². The van der Waals surface area contributed by atoms with Crippen LogP contribution in [-0.4, -0.2) is 27.5 Å². The van der Waals surface area contributed by atoms with Gasteiger partial charge in [0.15, 0.2) is 0 Å². The Kier molecular flexibility index (Phi) is 5.25. The van der Waals surface area contributed by atoms with Crippen LogP contribution in [0, 0.1) is 0 Å². The maximum absolute atomic E-state index is 4.13. The third-order valence-electron chi connectivity index (χ3n) is 1.60. The summed E-state index contributed by atoms with van der Waals surface area (Å²) in [6.45, 7) is 4.32. The normalized spacial score (nSPS) is 12.5. The molecule has 1 rings (SSSR count). The Bertz CT molecular complexity index is 283. The van der Waals surface area contributed by atoms with Gasteiger partial charge >= 0.3 is 0 Å². The highest BCUT2D eigenvalue weighted by atomic mass is 79.9. The molecular formula is C9H14BrN3S. The van der Waals surface area contributed by atoms with Gasteiger partial charge in [-0.05, 0) is 28.6 Å². The highest BCUT2D eigenvalue weighted by Gasteiger charge is 2.02. The molecule has 0 fully saturated rings. The number of thioether (sulfide) groups is 1. The molecule has 0 radical (unpaired) electrons. The van der Waals surface area contributed by atoms with E-state index in [0.29, 0.717) is 6.04 Å². The highest BCUT2D eigenvalue weighted by Crippen LogP contribution is 2.12. The third-order valence-corrected chi connectivity index (χ3v) is 3.18. The maximum atomic E-state index is 4.13. The Morgan fingerprint density at radius 1 is 1.57 bits per heavy atom. The second-order valence-corrected chi connectivity index (χ2v) is 5.06. The van der Waals surface area contributed by atoms with Crippen molar-refractivity contribution in [3.8, 4) is 0 Å². The van der Waals surface area contributed by atoms with Gasteiger partial charge in [0.2, 0.25) is 0 Å². The summed E-state index contributed by atoms with van der Waals surface area (Å²) in [6.07, 6.45) is 1.55. The maximum Gasteiger partial charge on any atom is 0.130 e. The lowest BCUT2D eigenvalue weighted by Gasteiger charge is -2.13. The average Bonchev–Trinajstić information content (AvgIpc) is 2.15. The predicted octanol–water partition coefficient (Wildman–Crippen LogP) is 2.79. The Balaban J connectivity index is 2.43. The predicted molar refractivity (Wildman–Crippen MR) is 65.8 cm³/mol. The molecule has 1 N–H and O–H groups in total. The first-order valence-electron chi connectivity index (χ1n) is 4.54. The standard InChI is InChI=1S/C9H14BrN3S/c1-3-14-5-7(2)13-9-4-8(10)11-6-12-9/h4,6-7H,3,5H2,1-2H3,(H,11,12,13). The van der Waals surface area contributed by atoms with Gasteiger partial charge in [-0.2, -0.15) is 11.8 Å². The van der Waals surface area contributed by atoms with E-state index in [4.69, 9.17) is 0 Å².